The lowest BCUT2D eigenvalue weighted by Crippen LogP contribution is -2.35. The van der Waals surface area contributed by atoms with Gasteiger partial charge in [0.25, 0.3) is 5.91 Å². The molecule has 0 saturated heterocycles. The molecule has 1 amide bonds. The van der Waals surface area contributed by atoms with Gasteiger partial charge in [0, 0.05) is 28.7 Å². The van der Waals surface area contributed by atoms with Crippen LogP contribution in [0.25, 0.3) is 10.9 Å². The molecule has 1 aliphatic heterocycles. The maximum absolute atomic E-state index is 12.8. The third-order valence-corrected chi connectivity index (χ3v) is 5.74. The molecule has 9 heteroatoms. The van der Waals surface area contributed by atoms with Crippen molar-refractivity contribution in [3.63, 3.8) is 0 Å². The number of nitrogens with zero attached hydrogens (tertiary/aromatic N) is 2. The first-order valence-corrected chi connectivity index (χ1v) is 10.4. The fraction of sp³-hybridized carbons (Fsp3) is 0.250. The molecule has 2 N–H and O–H groups in total. The van der Waals surface area contributed by atoms with Crippen molar-refractivity contribution in [2.24, 2.45) is 0 Å². The number of para-hydroxylation sites is 1. The Kier molecular flexibility index (Phi) is 3.77. The summed E-state index contributed by atoms with van der Waals surface area (Å²) in [5.74, 6) is -0.0622. The summed E-state index contributed by atoms with van der Waals surface area (Å²) in [6.07, 6.45) is 1.71. The van der Waals surface area contributed by atoms with Crippen molar-refractivity contribution in [3.8, 4) is 0 Å². The van der Waals surface area contributed by atoms with E-state index in [-0.39, 0.29) is 5.91 Å². The van der Waals surface area contributed by atoms with E-state index in [1.807, 2.05) is 30.3 Å². The number of benzene rings is 1. The van der Waals surface area contributed by atoms with E-state index >= 15 is 0 Å². The zero-order chi connectivity index (χ0) is 17.6. The van der Waals surface area contributed by atoms with Crippen LogP contribution in [0.1, 0.15) is 21.1 Å². The van der Waals surface area contributed by atoms with E-state index in [4.69, 9.17) is 0 Å². The van der Waals surface area contributed by atoms with E-state index < -0.39 is 10.0 Å². The second kappa shape index (κ2) is 5.85. The van der Waals surface area contributed by atoms with Crippen LogP contribution in [-0.4, -0.2) is 42.0 Å². The van der Waals surface area contributed by atoms with Crippen LogP contribution in [0.3, 0.4) is 0 Å². The van der Waals surface area contributed by atoms with Crippen LogP contribution >= 0.6 is 11.3 Å². The topological polar surface area (TPSA) is 95.2 Å². The van der Waals surface area contributed by atoms with Gasteiger partial charge in [-0.25, -0.2) is 13.4 Å². The molecule has 0 fully saturated rings. The summed E-state index contributed by atoms with van der Waals surface area (Å²) in [4.78, 5) is 22.9. The van der Waals surface area contributed by atoms with E-state index in [9.17, 15) is 13.2 Å². The fourth-order valence-electron chi connectivity index (χ4n) is 2.93. The fourth-order valence-corrected chi connectivity index (χ4v) is 4.79. The quantitative estimate of drug-likeness (QED) is 0.732. The van der Waals surface area contributed by atoms with Crippen LogP contribution in [0, 0.1) is 0 Å². The maximum Gasteiger partial charge on any atom is 0.270 e. The van der Waals surface area contributed by atoms with Gasteiger partial charge in [0.1, 0.15) is 5.69 Å². The van der Waals surface area contributed by atoms with Crippen molar-refractivity contribution in [3.05, 3.63) is 46.6 Å². The van der Waals surface area contributed by atoms with E-state index in [0.717, 1.165) is 27.7 Å². The number of aromatic amines is 1. The SMILES string of the molecule is CS(=O)(=O)Nc1nc2c(s1)CN(C(=O)c1cc3ccccc3[nH]1)CC2. The molecule has 0 saturated carbocycles. The van der Waals surface area contributed by atoms with Gasteiger partial charge < -0.3 is 9.88 Å². The van der Waals surface area contributed by atoms with Crippen LogP contribution in [0.4, 0.5) is 5.13 Å². The van der Waals surface area contributed by atoms with Gasteiger partial charge in [0.15, 0.2) is 5.13 Å². The number of aromatic nitrogens is 2. The largest absolute Gasteiger partial charge is 0.351 e. The lowest BCUT2D eigenvalue weighted by Gasteiger charge is -2.25. The maximum atomic E-state index is 12.8. The van der Waals surface area contributed by atoms with E-state index in [0.29, 0.717) is 30.3 Å². The van der Waals surface area contributed by atoms with Crippen LogP contribution < -0.4 is 4.72 Å². The Hall–Kier alpha value is -2.39. The van der Waals surface area contributed by atoms with Gasteiger partial charge in [-0.15, -0.1) is 0 Å². The van der Waals surface area contributed by atoms with Crippen molar-refractivity contribution < 1.29 is 13.2 Å². The first kappa shape index (κ1) is 16.1. The number of hydrogen-bond donors (Lipinski definition) is 2. The molecule has 3 aromatic rings. The summed E-state index contributed by atoms with van der Waals surface area (Å²) >= 11 is 1.28. The molecule has 0 spiro atoms. The molecule has 4 rings (SSSR count). The van der Waals surface area contributed by atoms with Gasteiger partial charge in [-0.1, -0.05) is 29.5 Å². The molecular formula is C16H16N4O3S2. The van der Waals surface area contributed by atoms with Crippen molar-refractivity contribution in [2.75, 3.05) is 17.5 Å². The van der Waals surface area contributed by atoms with E-state index in [2.05, 4.69) is 14.7 Å². The Labute approximate surface area is 148 Å². The highest BCUT2D eigenvalue weighted by Crippen LogP contribution is 2.29. The number of sulfonamides is 1. The number of anilines is 1. The number of amides is 1. The van der Waals surface area contributed by atoms with Gasteiger partial charge in [-0.05, 0) is 12.1 Å². The van der Waals surface area contributed by atoms with Crippen LogP contribution in [0.2, 0.25) is 0 Å². The first-order valence-electron chi connectivity index (χ1n) is 7.72. The first-order chi connectivity index (χ1) is 11.9. The molecule has 0 radical (unpaired) electrons. The molecule has 7 nitrogen and oxygen atoms in total. The van der Waals surface area contributed by atoms with E-state index in [1.54, 1.807) is 4.90 Å². The van der Waals surface area contributed by atoms with E-state index in [1.165, 1.54) is 11.3 Å². The van der Waals surface area contributed by atoms with Gasteiger partial charge in [-0.3, -0.25) is 9.52 Å². The smallest absolute Gasteiger partial charge is 0.270 e. The highest BCUT2D eigenvalue weighted by molar-refractivity contribution is 7.92. The Balaban J connectivity index is 1.56. The Morgan fingerprint density at radius 2 is 2.16 bits per heavy atom. The predicted octanol–water partition coefficient (Wildman–Crippen LogP) is 2.19. The zero-order valence-corrected chi connectivity index (χ0v) is 15.1. The van der Waals surface area contributed by atoms with Crippen LogP contribution in [0.15, 0.2) is 30.3 Å². The number of fused-ring (bicyclic) bond motifs is 2. The average molecular weight is 376 g/mol. The zero-order valence-electron chi connectivity index (χ0n) is 13.4. The van der Waals surface area contributed by atoms with Crippen molar-refractivity contribution in [1.82, 2.24) is 14.9 Å². The van der Waals surface area contributed by atoms with Crippen molar-refractivity contribution in [1.29, 1.82) is 0 Å². The Bertz CT molecular complexity index is 1040. The number of carbonyl (C=O) groups is 1. The number of carbonyl (C=O) groups excluding carboxylic acids is 1. The molecule has 1 aliphatic rings. The minimum atomic E-state index is -3.35. The summed E-state index contributed by atoms with van der Waals surface area (Å²) in [5, 5.41) is 1.35. The summed E-state index contributed by atoms with van der Waals surface area (Å²) in [5.41, 5.74) is 2.35. The minimum absolute atomic E-state index is 0.0622. The lowest BCUT2D eigenvalue weighted by atomic mass is 10.1. The number of nitrogens with one attached hydrogen (secondary N) is 2. The van der Waals surface area contributed by atoms with Gasteiger partial charge in [0.2, 0.25) is 10.0 Å². The molecule has 3 heterocycles. The summed E-state index contributed by atoms with van der Waals surface area (Å²) in [7, 11) is -3.35. The molecule has 0 aliphatic carbocycles. The van der Waals surface area contributed by atoms with Gasteiger partial charge in [0.05, 0.1) is 18.5 Å². The summed E-state index contributed by atoms with van der Waals surface area (Å²) in [6.45, 7) is 0.996. The number of rotatable bonds is 3. The third kappa shape index (κ3) is 3.24. The molecule has 130 valence electrons. The second-order valence-electron chi connectivity index (χ2n) is 6.01. The summed E-state index contributed by atoms with van der Waals surface area (Å²) in [6, 6.07) is 9.62. The Morgan fingerprint density at radius 3 is 2.92 bits per heavy atom. The minimum Gasteiger partial charge on any atom is -0.351 e. The standard InChI is InChI=1S/C16H16N4O3S2/c1-25(22,23)19-16-18-12-6-7-20(9-14(12)24-16)15(21)13-8-10-4-2-3-5-11(10)17-13/h2-5,8,17H,6-7,9H2,1H3,(H,18,19). The highest BCUT2D eigenvalue weighted by atomic mass is 32.2. The van der Waals surface area contributed by atoms with Crippen LogP contribution in [0.5, 0.6) is 0 Å². The second-order valence-corrected chi connectivity index (χ2v) is 8.84. The predicted molar refractivity (Wildman–Crippen MR) is 97.3 cm³/mol. The molecule has 0 unspecified atom stereocenters. The molecule has 1 aromatic carbocycles. The number of H-pyrrole nitrogens is 1. The lowest BCUT2D eigenvalue weighted by molar-refractivity contribution is 0.0731. The normalized spacial score (nSPS) is 14.5. The number of thiazole rings is 1. The third-order valence-electron chi connectivity index (χ3n) is 4.05. The summed E-state index contributed by atoms with van der Waals surface area (Å²) < 4.78 is 25.1. The molecular weight excluding hydrogens is 360 g/mol. The Morgan fingerprint density at radius 1 is 1.36 bits per heavy atom. The number of hydrogen-bond acceptors (Lipinski definition) is 5. The molecule has 25 heavy (non-hydrogen) atoms. The van der Waals surface area contributed by atoms with Gasteiger partial charge >= 0.3 is 0 Å². The molecule has 2 aromatic heterocycles. The van der Waals surface area contributed by atoms with Crippen LogP contribution in [-0.2, 0) is 23.0 Å². The molecule has 0 atom stereocenters. The van der Waals surface area contributed by atoms with Crippen molar-refractivity contribution in [2.45, 2.75) is 13.0 Å². The van der Waals surface area contributed by atoms with Gasteiger partial charge in [-0.2, -0.15) is 0 Å². The average Bonchev–Trinajstić information content (AvgIpc) is 3.14. The van der Waals surface area contributed by atoms with Crippen molar-refractivity contribution >= 4 is 43.3 Å². The monoisotopic (exact) mass is 376 g/mol. The molecule has 0 bridgehead atoms. The highest BCUT2D eigenvalue weighted by Gasteiger charge is 2.26.